The third-order valence-corrected chi connectivity index (χ3v) is 6.23. The van der Waals surface area contributed by atoms with E-state index in [4.69, 9.17) is 5.73 Å². The molecule has 0 saturated heterocycles. The summed E-state index contributed by atoms with van der Waals surface area (Å²) >= 11 is 1.61. The number of H-pyrrole nitrogens is 1. The average Bonchev–Trinajstić information content (AvgIpc) is 3.09. The molecule has 6 heteroatoms. The zero-order valence-electron chi connectivity index (χ0n) is 14.8. The number of rotatable bonds is 7. The van der Waals surface area contributed by atoms with Crippen LogP contribution in [-0.4, -0.2) is 34.2 Å². The predicted molar refractivity (Wildman–Crippen MR) is 105 cm³/mol. The maximum absolute atomic E-state index is 12.3. The molecule has 2 unspecified atom stereocenters. The molecule has 1 aliphatic rings. The van der Waals surface area contributed by atoms with Crippen LogP contribution in [0.1, 0.15) is 50.1 Å². The summed E-state index contributed by atoms with van der Waals surface area (Å²) in [5.41, 5.74) is 7.91. The van der Waals surface area contributed by atoms with Crippen molar-refractivity contribution in [3.05, 3.63) is 30.1 Å². The molecule has 1 saturated carbocycles. The number of aromatic amines is 1. The molecular weight excluding hydrogens is 332 g/mol. The maximum atomic E-state index is 12.3. The number of carbonyl (C=O) groups excluding carboxylic acids is 1. The van der Waals surface area contributed by atoms with Gasteiger partial charge in [-0.05, 0) is 37.8 Å². The summed E-state index contributed by atoms with van der Waals surface area (Å²) in [6.07, 6.45) is 6.20. The van der Waals surface area contributed by atoms with Crippen molar-refractivity contribution in [1.82, 2.24) is 15.3 Å². The molecule has 0 radical (unpaired) electrons. The van der Waals surface area contributed by atoms with Gasteiger partial charge >= 0.3 is 0 Å². The number of nitrogens with two attached hydrogens (primary N) is 1. The molecule has 3 rings (SSSR count). The van der Waals surface area contributed by atoms with Crippen molar-refractivity contribution in [1.29, 1.82) is 0 Å². The first kappa shape index (κ1) is 18.3. The first-order valence-electron chi connectivity index (χ1n) is 9.23. The van der Waals surface area contributed by atoms with E-state index < -0.39 is 0 Å². The van der Waals surface area contributed by atoms with E-state index in [0.29, 0.717) is 18.2 Å². The Kier molecular flexibility index (Phi) is 6.37. The predicted octanol–water partition coefficient (Wildman–Crippen LogP) is 3.38. The molecular formula is C19H28N4OS. The summed E-state index contributed by atoms with van der Waals surface area (Å²) in [6, 6.07) is 8.11. The van der Waals surface area contributed by atoms with E-state index in [-0.39, 0.29) is 17.2 Å². The number of fused-ring (bicyclic) bond motifs is 1. The number of aromatic nitrogens is 2. The monoisotopic (exact) mass is 360 g/mol. The second kappa shape index (κ2) is 8.72. The molecule has 1 fully saturated rings. The Labute approximate surface area is 153 Å². The Balaban J connectivity index is 1.50. The van der Waals surface area contributed by atoms with Crippen molar-refractivity contribution in [2.45, 2.75) is 50.3 Å². The van der Waals surface area contributed by atoms with Crippen LogP contribution in [0.25, 0.3) is 11.0 Å². The highest BCUT2D eigenvalue weighted by atomic mass is 32.2. The van der Waals surface area contributed by atoms with E-state index in [0.717, 1.165) is 16.9 Å². The van der Waals surface area contributed by atoms with E-state index in [2.05, 4.69) is 22.2 Å². The molecule has 0 aliphatic heterocycles. The minimum atomic E-state index is 0.0778. The van der Waals surface area contributed by atoms with Gasteiger partial charge in [0.25, 0.3) is 0 Å². The molecule has 0 spiro atoms. The standard InChI is InChI=1S/C19H28N4OS/c1-13(19-22-15-9-5-6-10-16(15)23-19)25-12-18(24)21-17(11-20)14-7-3-2-4-8-14/h5-6,9-10,13-14,17H,2-4,7-8,11-12,20H2,1H3,(H,21,24)(H,22,23). The second-order valence-corrected chi connectivity index (χ2v) is 8.23. The number of thioether (sulfide) groups is 1. The van der Waals surface area contributed by atoms with Crippen molar-refractivity contribution in [3.8, 4) is 0 Å². The van der Waals surface area contributed by atoms with Gasteiger partial charge in [-0.1, -0.05) is 31.4 Å². The molecule has 136 valence electrons. The number of nitrogens with zero attached hydrogens (tertiary/aromatic N) is 1. The van der Waals surface area contributed by atoms with Crippen LogP contribution in [0.15, 0.2) is 24.3 Å². The fourth-order valence-corrected chi connectivity index (χ4v) is 4.35. The number of hydrogen-bond donors (Lipinski definition) is 3. The van der Waals surface area contributed by atoms with Gasteiger partial charge in [-0.25, -0.2) is 4.98 Å². The number of benzene rings is 1. The lowest BCUT2D eigenvalue weighted by atomic mass is 9.84. The Bertz CT molecular complexity index is 663. The summed E-state index contributed by atoms with van der Waals surface area (Å²) in [5, 5.41) is 3.30. The summed E-state index contributed by atoms with van der Waals surface area (Å²) in [7, 11) is 0. The molecule has 1 aliphatic carbocycles. The zero-order chi connectivity index (χ0) is 17.6. The van der Waals surface area contributed by atoms with Crippen LogP contribution in [0.4, 0.5) is 0 Å². The van der Waals surface area contributed by atoms with Gasteiger partial charge in [0.1, 0.15) is 5.82 Å². The number of amides is 1. The zero-order valence-corrected chi connectivity index (χ0v) is 15.6. The van der Waals surface area contributed by atoms with Gasteiger partial charge in [0.15, 0.2) is 0 Å². The smallest absolute Gasteiger partial charge is 0.230 e. The first-order chi connectivity index (χ1) is 12.2. The highest BCUT2D eigenvalue weighted by Crippen LogP contribution is 2.28. The minimum Gasteiger partial charge on any atom is -0.351 e. The normalized spacial score (nSPS) is 18.2. The largest absolute Gasteiger partial charge is 0.351 e. The Morgan fingerprint density at radius 3 is 2.84 bits per heavy atom. The molecule has 2 aromatic rings. The van der Waals surface area contributed by atoms with Gasteiger partial charge < -0.3 is 16.0 Å². The minimum absolute atomic E-state index is 0.0778. The fourth-order valence-electron chi connectivity index (χ4n) is 3.60. The van der Waals surface area contributed by atoms with E-state index in [1.807, 2.05) is 24.3 Å². The highest BCUT2D eigenvalue weighted by Gasteiger charge is 2.24. The summed E-state index contributed by atoms with van der Waals surface area (Å²) in [6.45, 7) is 2.61. The molecule has 0 bridgehead atoms. The van der Waals surface area contributed by atoms with Gasteiger partial charge in [-0.2, -0.15) is 0 Å². The molecule has 25 heavy (non-hydrogen) atoms. The SMILES string of the molecule is CC(SCC(=O)NC(CN)C1CCCCC1)c1nc2ccccc2[nH]1. The molecule has 4 N–H and O–H groups in total. The number of hydrogen-bond acceptors (Lipinski definition) is 4. The quantitative estimate of drug-likeness (QED) is 0.707. The molecule has 2 atom stereocenters. The lowest BCUT2D eigenvalue weighted by Gasteiger charge is -2.30. The van der Waals surface area contributed by atoms with E-state index in [1.54, 1.807) is 11.8 Å². The lowest BCUT2D eigenvalue weighted by molar-refractivity contribution is -0.119. The van der Waals surface area contributed by atoms with Gasteiger partial charge in [0, 0.05) is 12.6 Å². The number of para-hydroxylation sites is 2. The van der Waals surface area contributed by atoms with Crippen LogP contribution in [0, 0.1) is 5.92 Å². The van der Waals surface area contributed by atoms with E-state index in [9.17, 15) is 4.79 Å². The molecule has 1 aromatic carbocycles. The van der Waals surface area contributed by atoms with Crippen molar-refractivity contribution in [3.63, 3.8) is 0 Å². The van der Waals surface area contributed by atoms with Gasteiger partial charge in [0.05, 0.1) is 22.0 Å². The van der Waals surface area contributed by atoms with Crippen molar-refractivity contribution >= 4 is 28.7 Å². The number of imidazole rings is 1. The summed E-state index contributed by atoms with van der Waals surface area (Å²) in [4.78, 5) is 20.3. The Morgan fingerprint density at radius 1 is 1.36 bits per heavy atom. The Morgan fingerprint density at radius 2 is 2.12 bits per heavy atom. The van der Waals surface area contributed by atoms with Gasteiger partial charge in [0.2, 0.25) is 5.91 Å². The average molecular weight is 361 g/mol. The fraction of sp³-hybridized carbons (Fsp3) is 0.579. The topological polar surface area (TPSA) is 83.8 Å². The van der Waals surface area contributed by atoms with Crippen molar-refractivity contribution in [2.75, 3.05) is 12.3 Å². The first-order valence-corrected chi connectivity index (χ1v) is 10.3. The van der Waals surface area contributed by atoms with E-state index >= 15 is 0 Å². The Hall–Kier alpha value is -1.53. The van der Waals surface area contributed by atoms with Gasteiger partial charge in [-0.15, -0.1) is 11.8 Å². The third kappa shape index (κ3) is 4.76. The van der Waals surface area contributed by atoms with Crippen LogP contribution < -0.4 is 11.1 Å². The van der Waals surface area contributed by atoms with E-state index in [1.165, 1.54) is 32.1 Å². The van der Waals surface area contributed by atoms with Crippen molar-refractivity contribution < 1.29 is 4.79 Å². The number of nitrogens with one attached hydrogen (secondary N) is 2. The second-order valence-electron chi connectivity index (χ2n) is 6.90. The van der Waals surface area contributed by atoms with Crippen LogP contribution in [0.2, 0.25) is 0 Å². The molecule has 1 aromatic heterocycles. The maximum Gasteiger partial charge on any atom is 0.230 e. The van der Waals surface area contributed by atoms with Crippen LogP contribution in [0.3, 0.4) is 0 Å². The molecule has 1 heterocycles. The highest BCUT2D eigenvalue weighted by molar-refractivity contribution is 8.00. The van der Waals surface area contributed by atoms with Crippen LogP contribution >= 0.6 is 11.8 Å². The molecule has 1 amide bonds. The van der Waals surface area contributed by atoms with Crippen LogP contribution in [-0.2, 0) is 4.79 Å². The summed E-state index contributed by atoms with van der Waals surface area (Å²) in [5.74, 6) is 1.97. The lowest BCUT2D eigenvalue weighted by Crippen LogP contribution is -2.46. The van der Waals surface area contributed by atoms with Crippen LogP contribution in [0.5, 0.6) is 0 Å². The van der Waals surface area contributed by atoms with Gasteiger partial charge in [-0.3, -0.25) is 4.79 Å². The third-order valence-electron chi connectivity index (χ3n) is 5.08. The van der Waals surface area contributed by atoms with Crippen molar-refractivity contribution in [2.24, 2.45) is 11.7 Å². The summed E-state index contributed by atoms with van der Waals surface area (Å²) < 4.78 is 0. The molecule has 5 nitrogen and oxygen atoms in total. The number of carbonyl (C=O) groups is 1.